The highest BCUT2D eigenvalue weighted by molar-refractivity contribution is 9.10. The third-order valence-electron chi connectivity index (χ3n) is 3.18. The summed E-state index contributed by atoms with van der Waals surface area (Å²) in [5, 5.41) is 3.54. The molecule has 1 fully saturated rings. The lowest BCUT2D eigenvalue weighted by Gasteiger charge is -2.39. The first-order chi connectivity index (χ1) is 7.68. The van der Waals surface area contributed by atoms with Gasteiger partial charge in [-0.15, -0.1) is 0 Å². The topological polar surface area (TPSA) is 21.3 Å². The average molecular weight is 284 g/mol. The first-order valence-electron chi connectivity index (χ1n) is 5.81. The minimum atomic E-state index is 0.376. The number of benzene rings is 1. The van der Waals surface area contributed by atoms with Crippen LogP contribution in [0.1, 0.15) is 26.2 Å². The van der Waals surface area contributed by atoms with E-state index in [4.69, 9.17) is 4.74 Å². The average Bonchev–Trinajstić information content (AvgIpc) is 2.22. The zero-order chi connectivity index (χ0) is 11.4. The number of ether oxygens (including phenoxy) is 1. The van der Waals surface area contributed by atoms with Gasteiger partial charge in [-0.25, -0.2) is 0 Å². The summed E-state index contributed by atoms with van der Waals surface area (Å²) in [5.41, 5.74) is 0.376. The minimum Gasteiger partial charge on any atom is -0.492 e. The van der Waals surface area contributed by atoms with Gasteiger partial charge in [-0.2, -0.15) is 0 Å². The fraction of sp³-hybridized carbons (Fsp3) is 0.538. The fourth-order valence-corrected chi connectivity index (χ4v) is 2.34. The van der Waals surface area contributed by atoms with E-state index in [2.05, 4.69) is 28.2 Å². The molecule has 1 N–H and O–H groups in total. The van der Waals surface area contributed by atoms with Gasteiger partial charge in [-0.05, 0) is 44.4 Å². The lowest BCUT2D eigenvalue weighted by Crippen LogP contribution is -2.49. The normalized spacial score (nSPS) is 17.9. The zero-order valence-electron chi connectivity index (χ0n) is 9.63. The smallest absolute Gasteiger partial charge is 0.120 e. The van der Waals surface area contributed by atoms with Crippen molar-refractivity contribution in [2.75, 3.05) is 13.2 Å². The van der Waals surface area contributed by atoms with Crippen molar-refractivity contribution in [2.45, 2.75) is 31.7 Å². The molecule has 1 aliphatic carbocycles. The van der Waals surface area contributed by atoms with Crippen LogP contribution in [0.25, 0.3) is 0 Å². The third-order valence-corrected chi connectivity index (χ3v) is 3.67. The maximum Gasteiger partial charge on any atom is 0.120 e. The Morgan fingerprint density at radius 2 is 2.25 bits per heavy atom. The summed E-state index contributed by atoms with van der Waals surface area (Å²) in [4.78, 5) is 0. The van der Waals surface area contributed by atoms with E-state index >= 15 is 0 Å². The maximum atomic E-state index is 5.66. The zero-order valence-corrected chi connectivity index (χ0v) is 11.2. The molecule has 0 unspecified atom stereocenters. The summed E-state index contributed by atoms with van der Waals surface area (Å²) in [6.07, 6.45) is 3.95. The Balaban J connectivity index is 1.68. The standard InChI is InChI=1S/C13H18BrNO/c1-13(6-3-7-13)15-8-9-16-12-5-2-4-11(14)10-12/h2,4-5,10,15H,3,6-9H2,1H3. The van der Waals surface area contributed by atoms with Crippen molar-refractivity contribution >= 4 is 15.9 Å². The summed E-state index contributed by atoms with van der Waals surface area (Å²) in [6, 6.07) is 7.96. The largest absolute Gasteiger partial charge is 0.492 e. The van der Waals surface area contributed by atoms with Crippen molar-refractivity contribution < 1.29 is 4.74 Å². The van der Waals surface area contributed by atoms with E-state index < -0.39 is 0 Å². The molecule has 1 aromatic rings. The van der Waals surface area contributed by atoms with E-state index in [9.17, 15) is 0 Å². The van der Waals surface area contributed by atoms with E-state index in [0.717, 1.165) is 23.4 Å². The van der Waals surface area contributed by atoms with Crippen LogP contribution in [0.2, 0.25) is 0 Å². The molecule has 0 amide bonds. The van der Waals surface area contributed by atoms with Gasteiger partial charge in [0.05, 0.1) is 0 Å². The molecule has 2 nitrogen and oxygen atoms in total. The molecule has 16 heavy (non-hydrogen) atoms. The van der Waals surface area contributed by atoms with Crippen LogP contribution in [0.15, 0.2) is 28.7 Å². The quantitative estimate of drug-likeness (QED) is 0.837. The van der Waals surface area contributed by atoms with Crippen LogP contribution in [0.4, 0.5) is 0 Å². The molecule has 0 heterocycles. The summed E-state index contributed by atoms with van der Waals surface area (Å²) < 4.78 is 6.72. The van der Waals surface area contributed by atoms with Crippen molar-refractivity contribution in [1.29, 1.82) is 0 Å². The lowest BCUT2D eigenvalue weighted by atomic mass is 9.78. The highest BCUT2D eigenvalue weighted by Crippen LogP contribution is 2.30. The van der Waals surface area contributed by atoms with Gasteiger partial charge in [0.2, 0.25) is 0 Å². The Morgan fingerprint density at radius 1 is 1.44 bits per heavy atom. The summed E-state index contributed by atoms with van der Waals surface area (Å²) in [6.45, 7) is 3.94. The second kappa shape index (κ2) is 5.19. The van der Waals surface area contributed by atoms with E-state index in [0.29, 0.717) is 5.54 Å². The Kier molecular flexibility index (Phi) is 3.87. The van der Waals surface area contributed by atoms with Crippen LogP contribution < -0.4 is 10.1 Å². The number of hydrogen-bond acceptors (Lipinski definition) is 2. The first kappa shape index (κ1) is 11.9. The number of nitrogens with one attached hydrogen (secondary N) is 1. The van der Waals surface area contributed by atoms with Gasteiger partial charge in [0.25, 0.3) is 0 Å². The van der Waals surface area contributed by atoms with Crippen molar-refractivity contribution in [3.05, 3.63) is 28.7 Å². The molecule has 1 saturated carbocycles. The predicted octanol–water partition coefficient (Wildman–Crippen LogP) is 3.36. The SMILES string of the molecule is CC1(NCCOc2cccc(Br)c2)CCC1. The lowest BCUT2D eigenvalue weighted by molar-refractivity contribution is 0.192. The molecular formula is C13H18BrNO. The van der Waals surface area contributed by atoms with Gasteiger partial charge in [-0.3, -0.25) is 0 Å². The molecule has 0 saturated heterocycles. The molecule has 1 aliphatic rings. The summed E-state index contributed by atoms with van der Waals surface area (Å²) in [7, 11) is 0. The van der Waals surface area contributed by atoms with Crippen molar-refractivity contribution in [3.8, 4) is 5.75 Å². The second-order valence-electron chi connectivity index (χ2n) is 4.65. The van der Waals surface area contributed by atoms with Crippen molar-refractivity contribution in [1.82, 2.24) is 5.32 Å². The molecule has 0 atom stereocenters. The Bertz CT molecular complexity index is 350. The first-order valence-corrected chi connectivity index (χ1v) is 6.61. The van der Waals surface area contributed by atoms with Gasteiger partial charge in [-0.1, -0.05) is 22.0 Å². The van der Waals surface area contributed by atoms with Crippen molar-refractivity contribution in [3.63, 3.8) is 0 Å². The highest BCUT2D eigenvalue weighted by atomic mass is 79.9. The molecule has 0 radical (unpaired) electrons. The van der Waals surface area contributed by atoms with Crippen LogP contribution in [-0.2, 0) is 0 Å². The van der Waals surface area contributed by atoms with Crippen LogP contribution in [0, 0.1) is 0 Å². The predicted molar refractivity (Wildman–Crippen MR) is 69.9 cm³/mol. The maximum absolute atomic E-state index is 5.66. The number of hydrogen-bond donors (Lipinski definition) is 1. The number of rotatable bonds is 5. The molecule has 1 aromatic carbocycles. The van der Waals surface area contributed by atoms with Gasteiger partial charge >= 0.3 is 0 Å². The van der Waals surface area contributed by atoms with Crippen molar-refractivity contribution in [2.24, 2.45) is 0 Å². The minimum absolute atomic E-state index is 0.376. The van der Waals surface area contributed by atoms with Crippen LogP contribution in [0.5, 0.6) is 5.75 Å². The molecule has 3 heteroatoms. The van der Waals surface area contributed by atoms with Crippen LogP contribution in [0.3, 0.4) is 0 Å². The molecule has 0 aromatic heterocycles. The molecule has 0 aliphatic heterocycles. The molecule has 0 bridgehead atoms. The van der Waals surface area contributed by atoms with Gasteiger partial charge in [0.15, 0.2) is 0 Å². The summed E-state index contributed by atoms with van der Waals surface area (Å²) in [5.74, 6) is 0.926. The Labute approximate surface area is 106 Å². The monoisotopic (exact) mass is 283 g/mol. The van der Waals surface area contributed by atoms with E-state index in [1.165, 1.54) is 19.3 Å². The molecule has 2 rings (SSSR count). The van der Waals surface area contributed by atoms with Gasteiger partial charge in [0.1, 0.15) is 12.4 Å². The van der Waals surface area contributed by atoms with E-state index in [-0.39, 0.29) is 0 Å². The number of halogens is 1. The van der Waals surface area contributed by atoms with Crippen LogP contribution in [-0.4, -0.2) is 18.7 Å². The summed E-state index contributed by atoms with van der Waals surface area (Å²) >= 11 is 3.43. The van der Waals surface area contributed by atoms with E-state index in [1.807, 2.05) is 24.3 Å². The van der Waals surface area contributed by atoms with Gasteiger partial charge in [0, 0.05) is 16.6 Å². The second-order valence-corrected chi connectivity index (χ2v) is 5.56. The molecule has 0 spiro atoms. The fourth-order valence-electron chi connectivity index (χ4n) is 1.96. The van der Waals surface area contributed by atoms with E-state index in [1.54, 1.807) is 0 Å². The molecular weight excluding hydrogens is 266 g/mol. The molecule has 88 valence electrons. The highest BCUT2D eigenvalue weighted by Gasteiger charge is 2.30. The van der Waals surface area contributed by atoms with Gasteiger partial charge < -0.3 is 10.1 Å². The third kappa shape index (κ3) is 3.22. The Hall–Kier alpha value is -0.540. The Morgan fingerprint density at radius 3 is 2.88 bits per heavy atom. The van der Waals surface area contributed by atoms with Crippen LogP contribution >= 0.6 is 15.9 Å².